The van der Waals surface area contributed by atoms with Crippen LogP contribution in [0.15, 0.2) is 24.4 Å². The van der Waals surface area contributed by atoms with E-state index in [0.29, 0.717) is 6.42 Å². The molecular formula is C10H13NO2. The van der Waals surface area contributed by atoms with Crippen molar-refractivity contribution < 1.29 is 9.53 Å². The van der Waals surface area contributed by atoms with Gasteiger partial charge in [-0.05, 0) is 19.1 Å². The van der Waals surface area contributed by atoms with E-state index in [1.54, 1.807) is 13.1 Å². The molecule has 1 unspecified atom stereocenters. The second-order valence-electron chi connectivity index (χ2n) is 2.74. The first-order valence-corrected chi connectivity index (χ1v) is 4.34. The standard InChI is InChI=1S/C10H13NO2/c1-3-10(12)13-8(2)9-6-4-5-7-11-9/h4-8H,3H2,1-2H3. The van der Waals surface area contributed by atoms with E-state index in [2.05, 4.69) is 4.98 Å². The first kappa shape index (κ1) is 9.71. The zero-order chi connectivity index (χ0) is 9.68. The SMILES string of the molecule is CCC(=O)OC(C)c1ccccn1. The van der Waals surface area contributed by atoms with E-state index in [0.717, 1.165) is 5.69 Å². The van der Waals surface area contributed by atoms with Crippen LogP contribution in [0.4, 0.5) is 0 Å². The predicted molar refractivity (Wildman–Crippen MR) is 49.0 cm³/mol. The van der Waals surface area contributed by atoms with Crippen LogP contribution in [-0.4, -0.2) is 11.0 Å². The third-order valence-electron chi connectivity index (χ3n) is 1.70. The van der Waals surface area contributed by atoms with Gasteiger partial charge in [0.2, 0.25) is 0 Å². The summed E-state index contributed by atoms with van der Waals surface area (Å²) >= 11 is 0. The summed E-state index contributed by atoms with van der Waals surface area (Å²) in [5, 5.41) is 0. The number of pyridine rings is 1. The van der Waals surface area contributed by atoms with E-state index in [4.69, 9.17) is 4.74 Å². The third kappa shape index (κ3) is 2.86. The van der Waals surface area contributed by atoms with Gasteiger partial charge < -0.3 is 4.74 Å². The minimum absolute atomic E-state index is 0.196. The van der Waals surface area contributed by atoms with Gasteiger partial charge in [-0.15, -0.1) is 0 Å². The van der Waals surface area contributed by atoms with Crippen molar-refractivity contribution in [3.05, 3.63) is 30.1 Å². The molecule has 3 heteroatoms. The first-order chi connectivity index (χ1) is 6.24. The fraction of sp³-hybridized carbons (Fsp3) is 0.400. The molecule has 0 saturated heterocycles. The Bertz CT molecular complexity index is 272. The molecule has 13 heavy (non-hydrogen) atoms. The van der Waals surface area contributed by atoms with Crippen molar-refractivity contribution in [3.8, 4) is 0 Å². The highest BCUT2D eigenvalue weighted by Crippen LogP contribution is 2.13. The van der Waals surface area contributed by atoms with Crippen molar-refractivity contribution >= 4 is 5.97 Å². The van der Waals surface area contributed by atoms with Crippen molar-refractivity contribution in [3.63, 3.8) is 0 Å². The van der Waals surface area contributed by atoms with Gasteiger partial charge >= 0.3 is 5.97 Å². The molecule has 0 aliphatic rings. The van der Waals surface area contributed by atoms with Crippen molar-refractivity contribution in [2.24, 2.45) is 0 Å². The number of aromatic nitrogens is 1. The number of ether oxygens (including phenoxy) is 1. The Labute approximate surface area is 77.8 Å². The lowest BCUT2D eigenvalue weighted by Crippen LogP contribution is -2.08. The van der Waals surface area contributed by atoms with E-state index in [9.17, 15) is 4.79 Å². The van der Waals surface area contributed by atoms with Gasteiger partial charge in [0, 0.05) is 12.6 Å². The molecule has 0 bridgehead atoms. The summed E-state index contributed by atoms with van der Waals surface area (Å²) in [6.07, 6.45) is 1.83. The Morgan fingerprint density at radius 2 is 2.38 bits per heavy atom. The van der Waals surface area contributed by atoms with E-state index in [-0.39, 0.29) is 12.1 Å². The Kier molecular flexibility index (Phi) is 3.43. The molecule has 0 aliphatic carbocycles. The summed E-state index contributed by atoms with van der Waals surface area (Å²) < 4.78 is 5.08. The maximum atomic E-state index is 10.9. The molecule has 0 amide bonds. The average molecular weight is 179 g/mol. The van der Waals surface area contributed by atoms with Crippen molar-refractivity contribution in [1.82, 2.24) is 4.98 Å². The number of carbonyl (C=O) groups is 1. The molecule has 0 aliphatic heterocycles. The number of hydrogen-bond donors (Lipinski definition) is 0. The van der Waals surface area contributed by atoms with E-state index < -0.39 is 0 Å². The fourth-order valence-electron chi connectivity index (χ4n) is 0.957. The van der Waals surface area contributed by atoms with Gasteiger partial charge in [0.1, 0.15) is 6.10 Å². The second kappa shape index (κ2) is 4.60. The lowest BCUT2D eigenvalue weighted by molar-refractivity contribution is -0.148. The normalized spacial score (nSPS) is 12.2. The van der Waals surface area contributed by atoms with E-state index >= 15 is 0 Å². The van der Waals surface area contributed by atoms with Crippen LogP contribution in [0.25, 0.3) is 0 Å². The Morgan fingerprint density at radius 1 is 1.62 bits per heavy atom. The summed E-state index contributed by atoms with van der Waals surface area (Å²) in [6, 6.07) is 5.55. The number of nitrogens with zero attached hydrogens (tertiary/aromatic N) is 1. The van der Waals surface area contributed by atoms with E-state index in [1.807, 2.05) is 25.1 Å². The largest absolute Gasteiger partial charge is 0.456 e. The van der Waals surface area contributed by atoms with Gasteiger partial charge in [0.25, 0.3) is 0 Å². The molecule has 1 heterocycles. The molecule has 0 radical (unpaired) electrons. The first-order valence-electron chi connectivity index (χ1n) is 4.34. The molecule has 0 fully saturated rings. The molecule has 0 aromatic carbocycles. The molecular weight excluding hydrogens is 166 g/mol. The maximum Gasteiger partial charge on any atom is 0.306 e. The minimum atomic E-state index is -0.256. The Hall–Kier alpha value is -1.38. The summed E-state index contributed by atoms with van der Waals surface area (Å²) in [6.45, 7) is 3.59. The van der Waals surface area contributed by atoms with Crippen LogP contribution in [0, 0.1) is 0 Å². The van der Waals surface area contributed by atoms with Gasteiger partial charge in [-0.25, -0.2) is 0 Å². The topological polar surface area (TPSA) is 39.2 Å². The lowest BCUT2D eigenvalue weighted by Gasteiger charge is -2.11. The monoisotopic (exact) mass is 179 g/mol. The summed E-state index contributed by atoms with van der Waals surface area (Å²) in [4.78, 5) is 15.0. The van der Waals surface area contributed by atoms with Crippen molar-refractivity contribution in [1.29, 1.82) is 0 Å². The molecule has 1 aromatic heterocycles. The second-order valence-corrected chi connectivity index (χ2v) is 2.74. The lowest BCUT2D eigenvalue weighted by atomic mass is 10.2. The zero-order valence-electron chi connectivity index (χ0n) is 7.86. The van der Waals surface area contributed by atoms with Crippen molar-refractivity contribution in [2.45, 2.75) is 26.4 Å². The smallest absolute Gasteiger partial charge is 0.306 e. The number of hydrogen-bond acceptors (Lipinski definition) is 3. The van der Waals surface area contributed by atoms with Gasteiger partial charge in [-0.1, -0.05) is 13.0 Å². The van der Waals surface area contributed by atoms with Crippen LogP contribution < -0.4 is 0 Å². The van der Waals surface area contributed by atoms with Crippen LogP contribution in [0.1, 0.15) is 32.1 Å². The molecule has 3 nitrogen and oxygen atoms in total. The zero-order valence-corrected chi connectivity index (χ0v) is 7.86. The molecule has 1 aromatic rings. The molecule has 0 N–H and O–H groups in total. The average Bonchev–Trinajstić information content (AvgIpc) is 2.19. The Balaban J connectivity index is 2.59. The molecule has 0 saturated carbocycles. The van der Waals surface area contributed by atoms with Gasteiger partial charge in [-0.2, -0.15) is 0 Å². The fourth-order valence-corrected chi connectivity index (χ4v) is 0.957. The number of esters is 1. The van der Waals surface area contributed by atoms with Gasteiger partial charge in [0.15, 0.2) is 0 Å². The van der Waals surface area contributed by atoms with Crippen molar-refractivity contribution in [2.75, 3.05) is 0 Å². The summed E-state index contributed by atoms with van der Waals surface area (Å²) in [7, 11) is 0. The Morgan fingerprint density at radius 3 is 2.92 bits per heavy atom. The van der Waals surface area contributed by atoms with E-state index in [1.165, 1.54) is 0 Å². The van der Waals surface area contributed by atoms with Crippen LogP contribution >= 0.6 is 0 Å². The molecule has 0 spiro atoms. The van der Waals surface area contributed by atoms with Gasteiger partial charge in [0.05, 0.1) is 5.69 Å². The molecule has 70 valence electrons. The molecule has 1 atom stereocenters. The highest BCUT2D eigenvalue weighted by Gasteiger charge is 2.09. The number of rotatable bonds is 3. The van der Waals surface area contributed by atoms with Crippen LogP contribution in [-0.2, 0) is 9.53 Å². The quantitative estimate of drug-likeness (QED) is 0.667. The summed E-state index contributed by atoms with van der Waals surface area (Å²) in [5.41, 5.74) is 0.782. The third-order valence-corrected chi connectivity index (χ3v) is 1.70. The van der Waals surface area contributed by atoms with Gasteiger partial charge in [-0.3, -0.25) is 9.78 Å². The summed E-state index contributed by atoms with van der Waals surface area (Å²) in [5.74, 6) is -0.196. The van der Waals surface area contributed by atoms with Crippen LogP contribution in [0.5, 0.6) is 0 Å². The number of carbonyl (C=O) groups excluding carboxylic acids is 1. The maximum absolute atomic E-state index is 10.9. The van der Waals surface area contributed by atoms with Crippen LogP contribution in [0.3, 0.4) is 0 Å². The highest BCUT2D eigenvalue weighted by atomic mass is 16.5. The minimum Gasteiger partial charge on any atom is -0.456 e. The van der Waals surface area contributed by atoms with Crippen LogP contribution in [0.2, 0.25) is 0 Å². The predicted octanol–water partition coefficient (Wildman–Crippen LogP) is 2.10. The highest BCUT2D eigenvalue weighted by molar-refractivity contribution is 5.69. The molecule has 1 rings (SSSR count).